The summed E-state index contributed by atoms with van der Waals surface area (Å²) in [4.78, 5) is 24.0. The lowest BCUT2D eigenvalue weighted by molar-refractivity contribution is -0.177. The number of ether oxygens (including phenoxy) is 3. The monoisotopic (exact) mass is 274 g/mol. The first kappa shape index (κ1) is 17.9. The normalized spacial score (nSPS) is 12.4. The Morgan fingerprint density at radius 3 is 1.53 bits per heavy atom. The molecule has 5 heteroatoms. The van der Waals surface area contributed by atoms with Crippen LogP contribution in [0.4, 0.5) is 0 Å². The Hall–Kier alpha value is -1.10. The van der Waals surface area contributed by atoms with Crippen LogP contribution in [0.5, 0.6) is 0 Å². The van der Waals surface area contributed by atoms with Gasteiger partial charge in [0.25, 0.3) is 0 Å². The standard InChI is InChI=1S/C14H26O5/c1-8-17-9-10(11(15)18-13(2,3)4)12(16)19-14(5,6)7/h10H,8-9H2,1-7H3. The van der Waals surface area contributed by atoms with Crippen molar-refractivity contribution in [2.24, 2.45) is 5.92 Å². The number of esters is 2. The van der Waals surface area contributed by atoms with Crippen LogP contribution in [0.25, 0.3) is 0 Å². The smallest absolute Gasteiger partial charge is 0.323 e. The largest absolute Gasteiger partial charge is 0.459 e. The van der Waals surface area contributed by atoms with Gasteiger partial charge in [-0.25, -0.2) is 0 Å². The predicted octanol–water partition coefficient (Wildman–Crippen LogP) is 2.32. The van der Waals surface area contributed by atoms with Gasteiger partial charge >= 0.3 is 11.9 Å². The lowest BCUT2D eigenvalue weighted by Gasteiger charge is -2.26. The van der Waals surface area contributed by atoms with Gasteiger partial charge < -0.3 is 14.2 Å². The van der Waals surface area contributed by atoms with Gasteiger partial charge in [-0.2, -0.15) is 0 Å². The summed E-state index contributed by atoms with van der Waals surface area (Å²) in [5.74, 6) is -2.27. The summed E-state index contributed by atoms with van der Waals surface area (Å²) in [7, 11) is 0. The van der Waals surface area contributed by atoms with Crippen molar-refractivity contribution in [1.29, 1.82) is 0 Å². The molecule has 0 aliphatic heterocycles. The van der Waals surface area contributed by atoms with Crippen molar-refractivity contribution in [3.05, 3.63) is 0 Å². The molecule has 0 saturated heterocycles. The number of carbonyl (C=O) groups excluding carboxylic acids is 2. The molecule has 112 valence electrons. The van der Waals surface area contributed by atoms with Gasteiger partial charge in [0.1, 0.15) is 11.2 Å². The van der Waals surface area contributed by atoms with Gasteiger partial charge in [-0.15, -0.1) is 0 Å². The van der Waals surface area contributed by atoms with Gasteiger partial charge in [-0.1, -0.05) is 0 Å². The third kappa shape index (κ3) is 8.59. The first-order valence-electron chi connectivity index (χ1n) is 6.49. The Morgan fingerprint density at radius 2 is 1.26 bits per heavy atom. The third-order valence-corrected chi connectivity index (χ3v) is 1.87. The van der Waals surface area contributed by atoms with E-state index in [1.807, 2.05) is 0 Å². The van der Waals surface area contributed by atoms with Crippen LogP contribution >= 0.6 is 0 Å². The average Bonchev–Trinajstić information content (AvgIpc) is 2.12. The molecule has 0 spiro atoms. The van der Waals surface area contributed by atoms with E-state index in [4.69, 9.17) is 14.2 Å². The van der Waals surface area contributed by atoms with E-state index in [1.54, 1.807) is 48.5 Å². The number of rotatable bonds is 5. The minimum atomic E-state index is -1.04. The first-order chi connectivity index (χ1) is 8.46. The SMILES string of the molecule is CCOCC(C(=O)OC(C)(C)C)C(=O)OC(C)(C)C. The molecule has 0 unspecified atom stereocenters. The molecule has 0 aromatic heterocycles. The highest BCUT2D eigenvalue weighted by Gasteiger charge is 2.34. The molecular formula is C14H26O5. The van der Waals surface area contributed by atoms with E-state index in [-0.39, 0.29) is 6.61 Å². The Balaban J connectivity index is 4.80. The summed E-state index contributed by atoms with van der Waals surface area (Å²) in [5.41, 5.74) is -1.30. The lowest BCUT2D eigenvalue weighted by Crippen LogP contribution is -2.39. The summed E-state index contributed by atoms with van der Waals surface area (Å²) < 4.78 is 15.6. The summed E-state index contributed by atoms with van der Waals surface area (Å²) in [6.07, 6.45) is 0. The summed E-state index contributed by atoms with van der Waals surface area (Å²) in [5, 5.41) is 0. The number of hydrogen-bond acceptors (Lipinski definition) is 5. The summed E-state index contributed by atoms with van der Waals surface area (Å²) in [6, 6.07) is 0. The van der Waals surface area contributed by atoms with Crippen molar-refractivity contribution < 1.29 is 23.8 Å². The molecule has 0 bridgehead atoms. The molecule has 0 aromatic carbocycles. The van der Waals surface area contributed by atoms with Crippen molar-refractivity contribution in [2.75, 3.05) is 13.2 Å². The van der Waals surface area contributed by atoms with Crippen LogP contribution in [0.2, 0.25) is 0 Å². The van der Waals surface area contributed by atoms with Crippen LogP contribution in [0, 0.1) is 5.92 Å². The van der Waals surface area contributed by atoms with Crippen LogP contribution in [0.15, 0.2) is 0 Å². The Bertz CT molecular complexity index is 281. The zero-order valence-electron chi connectivity index (χ0n) is 13.0. The van der Waals surface area contributed by atoms with Gasteiger partial charge in [-0.3, -0.25) is 9.59 Å². The topological polar surface area (TPSA) is 61.8 Å². The maximum absolute atomic E-state index is 12.0. The Labute approximate surface area is 115 Å². The van der Waals surface area contributed by atoms with E-state index in [0.29, 0.717) is 6.61 Å². The average molecular weight is 274 g/mol. The van der Waals surface area contributed by atoms with E-state index < -0.39 is 29.1 Å². The quantitative estimate of drug-likeness (QED) is 0.568. The third-order valence-electron chi connectivity index (χ3n) is 1.87. The van der Waals surface area contributed by atoms with Crippen LogP contribution in [-0.2, 0) is 23.8 Å². The molecule has 0 fully saturated rings. The van der Waals surface area contributed by atoms with Crippen molar-refractivity contribution >= 4 is 11.9 Å². The second kappa shape index (κ2) is 6.89. The fourth-order valence-electron chi connectivity index (χ4n) is 1.21. The van der Waals surface area contributed by atoms with E-state index in [9.17, 15) is 9.59 Å². The first-order valence-corrected chi connectivity index (χ1v) is 6.49. The molecule has 0 atom stereocenters. The molecule has 19 heavy (non-hydrogen) atoms. The molecule has 5 nitrogen and oxygen atoms in total. The maximum Gasteiger partial charge on any atom is 0.323 e. The fourth-order valence-corrected chi connectivity index (χ4v) is 1.21. The van der Waals surface area contributed by atoms with E-state index in [2.05, 4.69) is 0 Å². The highest BCUT2D eigenvalue weighted by molar-refractivity contribution is 5.95. The fraction of sp³-hybridized carbons (Fsp3) is 0.857. The van der Waals surface area contributed by atoms with E-state index in [0.717, 1.165) is 0 Å². The predicted molar refractivity (Wildman–Crippen MR) is 71.7 cm³/mol. The molecule has 0 aliphatic rings. The Morgan fingerprint density at radius 1 is 0.895 bits per heavy atom. The van der Waals surface area contributed by atoms with Crippen molar-refractivity contribution in [1.82, 2.24) is 0 Å². The molecular weight excluding hydrogens is 248 g/mol. The summed E-state index contributed by atoms with van der Waals surface area (Å²) >= 11 is 0. The molecule has 0 saturated carbocycles. The van der Waals surface area contributed by atoms with Crippen LogP contribution in [0.1, 0.15) is 48.5 Å². The zero-order chi connectivity index (χ0) is 15.3. The van der Waals surface area contributed by atoms with Crippen LogP contribution in [0.3, 0.4) is 0 Å². The van der Waals surface area contributed by atoms with Crippen molar-refractivity contribution in [2.45, 2.75) is 59.7 Å². The minimum Gasteiger partial charge on any atom is -0.459 e. The molecule has 0 heterocycles. The molecule has 0 rings (SSSR count). The second-order valence-corrected chi connectivity index (χ2v) is 6.28. The van der Waals surface area contributed by atoms with E-state index >= 15 is 0 Å². The van der Waals surface area contributed by atoms with Crippen LogP contribution < -0.4 is 0 Å². The van der Waals surface area contributed by atoms with Gasteiger partial charge in [0.2, 0.25) is 0 Å². The van der Waals surface area contributed by atoms with Gasteiger partial charge in [0.15, 0.2) is 5.92 Å². The number of hydrogen-bond donors (Lipinski definition) is 0. The van der Waals surface area contributed by atoms with Gasteiger partial charge in [0, 0.05) is 6.61 Å². The lowest BCUT2D eigenvalue weighted by atomic mass is 10.1. The zero-order valence-corrected chi connectivity index (χ0v) is 13.0. The highest BCUT2D eigenvalue weighted by Crippen LogP contribution is 2.16. The van der Waals surface area contributed by atoms with Crippen molar-refractivity contribution in [3.8, 4) is 0 Å². The van der Waals surface area contributed by atoms with Gasteiger partial charge in [-0.05, 0) is 48.5 Å². The highest BCUT2D eigenvalue weighted by atomic mass is 16.6. The molecule has 0 aliphatic carbocycles. The van der Waals surface area contributed by atoms with Gasteiger partial charge in [0.05, 0.1) is 6.61 Å². The molecule has 0 radical (unpaired) electrons. The van der Waals surface area contributed by atoms with Crippen LogP contribution in [-0.4, -0.2) is 36.4 Å². The Kier molecular flexibility index (Phi) is 6.49. The molecule has 0 amide bonds. The van der Waals surface area contributed by atoms with Crippen molar-refractivity contribution in [3.63, 3.8) is 0 Å². The second-order valence-electron chi connectivity index (χ2n) is 6.28. The molecule has 0 N–H and O–H groups in total. The minimum absolute atomic E-state index is 0.0275. The maximum atomic E-state index is 12.0. The summed E-state index contributed by atoms with van der Waals surface area (Å²) in [6.45, 7) is 12.7. The number of carbonyl (C=O) groups is 2. The molecule has 0 aromatic rings. The van der Waals surface area contributed by atoms with E-state index in [1.165, 1.54) is 0 Å².